The van der Waals surface area contributed by atoms with Crippen molar-refractivity contribution in [2.75, 3.05) is 0 Å². The molecule has 194 valence electrons. The number of phenolic OH excluding ortho intramolecular Hbond substituents is 1. The molecule has 5 atom stereocenters. The van der Waals surface area contributed by atoms with Crippen LogP contribution >= 0.6 is 0 Å². The number of rotatable bonds is 2. The Morgan fingerprint density at radius 2 is 1.82 bits per heavy atom. The molecule has 7 N–H and O–H groups in total. The number of phenols is 1. The fourth-order valence-electron chi connectivity index (χ4n) is 6.31. The molecule has 6 rings (SSSR count). The number of aromatic hydroxyl groups is 1. The second-order valence-corrected chi connectivity index (χ2v) is 10.1. The fourth-order valence-corrected chi connectivity index (χ4v) is 6.31. The summed E-state index contributed by atoms with van der Waals surface area (Å²) in [7, 11) is 0. The largest absolute Gasteiger partial charge is 0.508 e. The van der Waals surface area contributed by atoms with E-state index >= 15 is 0 Å². The van der Waals surface area contributed by atoms with Crippen molar-refractivity contribution in [3.05, 3.63) is 70.5 Å². The van der Waals surface area contributed by atoms with Crippen molar-refractivity contribution < 1.29 is 44.3 Å². The summed E-state index contributed by atoms with van der Waals surface area (Å²) in [5.74, 6) is -8.68. The Labute approximate surface area is 214 Å². The van der Waals surface area contributed by atoms with E-state index in [1.54, 1.807) is 37.3 Å². The van der Waals surface area contributed by atoms with Gasteiger partial charge >= 0.3 is 0 Å². The summed E-state index contributed by atoms with van der Waals surface area (Å²) in [6, 6.07) is 12.2. The Morgan fingerprint density at radius 1 is 1.11 bits per heavy atom. The summed E-state index contributed by atoms with van der Waals surface area (Å²) >= 11 is 0. The molecule has 0 spiro atoms. The van der Waals surface area contributed by atoms with Crippen LogP contribution in [0.15, 0.2) is 63.8 Å². The number of Topliss-reactive ketones (excluding diaryl/α,β-unsaturated/α-hetero) is 2. The van der Waals surface area contributed by atoms with Gasteiger partial charge in [-0.05, 0) is 29.7 Å². The Morgan fingerprint density at radius 3 is 2.50 bits per heavy atom. The van der Waals surface area contributed by atoms with E-state index in [0.717, 1.165) is 5.39 Å². The summed E-state index contributed by atoms with van der Waals surface area (Å²) in [6.45, 7) is 1.67. The average Bonchev–Trinajstić information content (AvgIpc) is 3.30. The molecule has 1 fully saturated rings. The minimum absolute atomic E-state index is 0.0882. The van der Waals surface area contributed by atoms with Gasteiger partial charge in [0.25, 0.3) is 5.91 Å². The predicted molar refractivity (Wildman–Crippen MR) is 133 cm³/mol. The number of hydrogen-bond acceptors (Lipinski definition) is 9. The molecule has 0 unspecified atom stereocenters. The predicted octanol–water partition coefficient (Wildman–Crippen LogP) is 2.37. The molecule has 10 nitrogen and oxygen atoms in total. The maximum atomic E-state index is 13.8. The molecule has 1 saturated carbocycles. The Balaban J connectivity index is 1.57. The van der Waals surface area contributed by atoms with Gasteiger partial charge in [-0.1, -0.05) is 31.2 Å². The molecule has 0 saturated heterocycles. The van der Waals surface area contributed by atoms with Crippen molar-refractivity contribution >= 4 is 34.2 Å². The van der Waals surface area contributed by atoms with E-state index < -0.39 is 76.0 Å². The quantitative estimate of drug-likeness (QED) is 0.277. The van der Waals surface area contributed by atoms with Crippen molar-refractivity contribution in [3.63, 3.8) is 0 Å². The fraction of sp³-hybridized carbons (Fsp3) is 0.250. The lowest BCUT2D eigenvalue weighted by atomic mass is 9.55. The van der Waals surface area contributed by atoms with Crippen LogP contribution < -0.4 is 5.73 Å². The van der Waals surface area contributed by atoms with Gasteiger partial charge in [-0.2, -0.15) is 0 Å². The number of benzene rings is 2. The van der Waals surface area contributed by atoms with Crippen LogP contribution in [0, 0.1) is 11.8 Å². The lowest BCUT2D eigenvalue weighted by molar-refractivity contribution is -0.160. The molecule has 0 radical (unpaired) electrons. The van der Waals surface area contributed by atoms with Gasteiger partial charge < -0.3 is 35.7 Å². The van der Waals surface area contributed by atoms with E-state index in [-0.39, 0.29) is 16.9 Å². The summed E-state index contributed by atoms with van der Waals surface area (Å²) in [6.07, 6.45) is -2.19. The smallest absolute Gasteiger partial charge is 0.255 e. The number of carbonyl (C=O) groups is 3. The third kappa shape index (κ3) is 2.86. The van der Waals surface area contributed by atoms with Gasteiger partial charge in [0.05, 0.1) is 17.2 Å². The number of nitrogens with two attached hydrogens (primary N) is 1. The van der Waals surface area contributed by atoms with Gasteiger partial charge in [-0.3, -0.25) is 14.4 Å². The van der Waals surface area contributed by atoms with Crippen LogP contribution in [0.25, 0.3) is 28.1 Å². The van der Waals surface area contributed by atoms with Crippen molar-refractivity contribution in [1.82, 2.24) is 0 Å². The maximum Gasteiger partial charge on any atom is 0.255 e. The second kappa shape index (κ2) is 7.80. The van der Waals surface area contributed by atoms with Crippen molar-refractivity contribution in [3.8, 4) is 17.1 Å². The number of aliphatic hydroxyl groups is 4. The molecule has 3 aliphatic rings. The summed E-state index contributed by atoms with van der Waals surface area (Å²) in [5.41, 5.74) is 2.12. The van der Waals surface area contributed by atoms with Crippen LogP contribution in [0.1, 0.15) is 30.4 Å². The highest BCUT2D eigenvalue weighted by Gasteiger charge is 2.64. The number of hydrogen-bond donors (Lipinski definition) is 6. The van der Waals surface area contributed by atoms with Crippen LogP contribution in [0.5, 0.6) is 5.75 Å². The molecule has 0 bridgehead atoms. The van der Waals surface area contributed by atoms with E-state index in [4.69, 9.17) is 10.2 Å². The number of primary amides is 1. The van der Waals surface area contributed by atoms with E-state index in [9.17, 15) is 39.9 Å². The number of para-hydroxylation sites is 1. The topological polar surface area (TPSA) is 192 Å². The van der Waals surface area contributed by atoms with Crippen LogP contribution in [-0.4, -0.2) is 54.7 Å². The van der Waals surface area contributed by atoms with Gasteiger partial charge in [-0.25, -0.2) is 0 Å². The van der Waals surface area contributed by atoms with Crippen LogP contribution in [0.3, 0.4) is 0 Å². The molecule has 1 heterocycles. The zero-order valence-electron chi connectivity index (χ0n) is 20.0. The Kier molecular flexibility index (Phi) is 4.91. The molecule has 38 heavy (non-hydrogen) atoms. The first-order valence-electron chi connectivity index (χ1n) is 12.0. The average molecular weight is 517 g/mol. The highest BCUT2D eigenvalue weighted by molar-refractivity contribution is 6.23. The third-order valence-corrected chi connectivity index (χ3v) is 8.19. The van der Waals surface area contributed by atoms with Crippen molar-refractivity contribution in [2.45, 2.75) is 31.0 Å². The summed E-state index contributed by atoms with van der Waals surface area (Å²) in [4.78, 5) is 38.1. The first-order chi connectivity index (χ1) is 18.0. The van der Waals surface area contributed by atoms with Gasteiger partial charge in [0.15, 0.2) is 11.4 Å². The van der Waals surface area contributed by atoms with Crippen LogP contribution in [0.2, 0.25) is 0 Å². The maximum absolute atomic E-state index is 13.8. The van der Waals surface area contributed by atoms with E-state index in [0.29, 0.717) is 16.9 Å². The minimum Gasteiger partial charge on any atom is -0.508 e. The molecule has 1 amide bonds. The molecule has 3 aromatic rings. The van der Waals surface area contributed by atoms with E-state index in [1.165, 1.54) is 0 Å². The van der Waals surface area contributed by atoms with Gasteiger partial charge in [0, 0.05) is 29.2 Å². The molecule has 2 aromatic carbocycles. The van der Waals surface area contributed by atoms with E-state index in [2.05, 4.69) is 0 Å². The van der Waals surface area contributed by atoms with Gasteiger partial charge in [0.2, 0.25) is 5.78 Å². The van der Waals surface area contributed by atoms with E-state index in [1.807, 2.05) is 12.1 Å². The number of furan rings is 1. The molecule has 3 aliphatic carbocycles. The van der Waals surface area contributed by atoms with Crippen molar-refractivity contribution in [1.29, 1.82) is 0 Å². The van der Waals surface area contributed by atoms with Crippen molar-refractivity contribution in [2.24, 2.45) is 17.6 Å². The molecule has 0 aliphatic heterocycles. The minimum atomic E-state index is -2.87. The Bertz CT molecular complexity index is 1630. The highest BCUT2D eigenvalue weighted by Crippen LogP contribution is 2.56. The number of aliphatic hydroxyl groups excluding tert-OH is 3. The molecule has 10 heteroatoms. The molecule has 1 aromatic heterocycles. The Hall–Kier alpha value is -4.41. The first kappa shape index (κ1) is 24.0. The monoisotopic (exact) mass is 517 g/mol. The lowest BCUT2D eigenvalue weighted by Crippen LogP contribution is -2.63. The van der Waals surface area contributed by atoms with Crippen LogP contribution in [-0.2, 0) is 14.4 Å². The standard InChI is InChI=1S/C28H23NO9/c1-10-12-6-7-13(17-8-11-4-2-3-5-16(11)38-17)22(31)19(12)24(33)21-18(10)23(32)14-9-15(30)20(27(29)36)25(34)28(14,37)26(21)35/h2-8,10,14,18,23,31-34,37H,9H2,1H3,(H2,29,36)/t10-,14+,18+,23+,28+/m0/s1. The molecular formula is C28H23NO9. The van der Waals surface area contributed by atoms with Gasteiger partial charge in [-0.15, -0.1) is 0 Å². The zero-order chi connectivity index (χ0) is 27.3. The third-order valence-electron chi connectivity index (χ3n) is 8.19. The normalized spacial score (nSPS) is 28.8. The molecular weight excluding hydrogens is 494 g/mol. The number of ketones is 2. The zero-order valence-corrected chi connectivity index (χ0v) is 20.0. The highest BCUT2D eigenvalue weighted by atomic mass is 16.4. The van der Waals surface area contributed by atoms with Crippen LogP contribution in [0.4, 0.5) is 0 Å². The number of fused-ring (bicyclic) bond motifs is 4. The second-order valence-electron chi connectivity index (χ2n) is 10.1. The number of carbonyl (C=O) groups excluding carboxylic acids is 3. The lowest BCUT2D eigenvalue weighted by Gasteiger charge is -2.50. The number of amides is 1. The summed E-state index contributed by atoms with van der Waals surface area (Å²) < 4.78 is 5.86. The van der Waals surface area contributed by atoms with Gasteiger partial charge in [0.1, 0.15) is 34.2 Å². The summed E-state index contributed by atoms with van der Waals surface area (Å²) in [5, 5.41) is 56.9. The first-order valence-corrected chi connectivity index (χ1v) is 12.0. The SMILES string of the molecule is C[C@H]1c2ccc(-c3cc4ccccc4o3)c(O)c2C(O)=C2C(=O)[C@]3(O)C(O)=C(C(N)=O)C(=O)C[C@@H]3[C@@H](O)[C@@H]21.